The van der Waals surface area contributed by atoms with Crippen LogP contribution in [0.5, 0.6) is 0 Å². The second kappa shape index (κ2) is 5.36. The minimum atomic E-state index is -0.406. The molecule has 1 fully saturated rings. The van der Waals surface area contributed by atoms with E-state index in [2.05, 4.69) is 6.92 Å². The van der Waals surface area contributed by atoms with Gasteiger partial charge in [-0.15, -0.1) is 0 Å². The molecule has 94 valence electrons. The summed E-state index contributed by atoms with van der Waals surface area (Å²) in [6.07, 6.45) is 3.51. The Hall–Kier alpha value is -0.600. The van der Waals surface area contributed by atoms with E-state index >= 15 is 0 Å². The Morgan fingerprint density at radius 1 is 1.47 bits per heavy atom. The summed E-state index contributed by atoms with van der Waals surface area (Å²) in [7, 11) is 0. The number of benzene rings is 1. The number of aliphatic hydroxyl groups is 1. The van der Waals surface area contributed by atoms with Gasteiger partial charge in [-0.25, -0.2) is 4.39 Å². The molecule has 17 heavy (non-hydrogen) atoms. The minimum Gasteiger partial charge on any atom is -0.392 e. The first kappa shape index (κ1) is 12.8. The molecule has 1 nitrogen and oxygen atoms in total. The average Bonchev–Trinajstić information content (AvgIpc) is 2.70. The first-order valence-corrected chi connectivity index (χ1v) is 6.56. The lowest BCUT2D eigenvalue weighted by molar-refractivity contribution is 0.109. The molecule has 1 aromatic carbocycles. The molecule has 0 aromatic heterocycles. The highest BCUT2D eigenvalue weighted by Crippen LogP contribution is 2.33. The Labute approximate surface area is 107 Å². The Kier molecular flexibility index (Phi) is 4.05. The maximum absolute atomic E-state index is 13.3. The summed E-state index contributed by atoms with van der Waals surface area (Å²) in [6, 6.07) is 4.76. The zero-order valence-corrected chi connectivity index (χ0v) is 10.8. The first-order chi connectivity index (χ1) is 8.06. The number of hydrogen-bond acceptors (Lipinski definition) is 1. The van der Waals surface area contributed by atoms with E-state index in [1.807, 2.05) is 0 Å². The van der Waals surface area contributed by atoms with Gasteiger partial charge in [-0.1, -0.05) is 31.0 Å². The van der Waals surface area contributed by atoms with Gasteiger partial charge in [-0.05, 0) is 48.8 Å². The van der Waals surface area contributed by atoms with Gasteiger partial charge in [0.1, 0.15) is 5.82 Å². The van der Waals surface area contributed by atoms with Gasteiger partial charge in [0.25, 0.3) is 0 Å². The Morgan fingerprint density at radius 3 is 2.82 bits per heavy atom. The van der Waals surface area contributed by atoms with Crippen LogP contribution in [-0.4, -0.2) is 11.2 Å². The Bertz CT molecular complexity index is 394. The summed E-state index contributed by atoms with van der Waals surface area (Å²) in [4.78, 5) is 0. The van der Waals surface area contributed by atoms with Crippen LogP contribution in [0.1, 0.15) is 31.7 Å². The lowest BCUT2D eigenvalue weighted by atomic mass is 9.94. The maximum Gasteiger partial charge on any atom is 0.142 e. The molecule has 0 bridgehead atoms. The zero-order chi connectivity index (χ0) is 12.4. The zero-order valence-electron chi connectivity index (χ0n) is 10.00. The van der Waals surface area contributed by atoms with Crippen molar-refractivity contribution in [3.63, 3.8) is 0 Å². The highest BCUT2D eigenvalue weighted by atomic mass is 35.5. The van der Waals surface area contributed by atoms with E-state index in [-0.39, 0.29) is 11.1 Å². The van der Waals surface area contributed by atoms with Crippen LogP contribution in [0, 0.1) is 17.7 Å². The van der Waals surface area contributed by atoms with E-state index in [9.17, 15) is 9.50 Å². The molecule has 3 heteroatoms. The lowest BCUT2D eigenvalue weighted by Gasteiger charge is -2.18. The minimum absolute atomic E-state index is 0.137. The third-order valence-electron chi connectivity index (χ3n) is 3.71. The van der Waals surface area contributed by atoms with E-state index < -0.39 is 5.82 Å². The largest absolute Gasteiger partial charge is 0.392 e. The third-order valence-corrected chi connectivity index (χ3v) is 4.01. The van der Waals surface area contributed by atoms with Crippen LogP contribution in [0.15, 0.2) is 18.2 Å². The fourth-order valence-corrected chi connectivity index (χ4v) is 2.79. The average molecular weight is 257 g/mol. The van der Waals surface area contributed by atoms with Gasteiger partial charge < -0.3 is 5.11 Å². The van der Waals surface area contributed by atoms with E-state index in [0.29, 0.717) is 18.3 Å². The quantitative estimate of drug-likeness (QED) is 0.872. The molecule has 2 rings (SSSR count). The van der Waals surface area contributed by atoms with Crippen molar-refractivity contribution in [2.24, 2.45) is 11.8 Å². The fourth-order valence-electron chi connectivity index (χ4n) is 2.68. The smallest absolute Gasteiger partial charge is 0.142 e. The van der Waals surface area contributed by atoms with Crippen LogP contribution in [0.25, 0.3) is 0 Å². The molecule has 0 amide bonds. The van der Waals surface area contributed by atoms with E-state index in [1.165, 1.54) is 12.5 Å². The number of hydrogen-bond donors (Lipinski definition) is 1. The van der Waals surface area contributed by atoms with Gasteiger partial charge in [0.15, 0.2) is 0 Å². The van der Waals surface area contributed by atoms with Gasteiger partial charge in [-0.3, -0.25) is 0 Å². The van der Waals surface area contributed by atoms with Crippen molar-refractivity contribution in [2.45, 2.75) is 38.7 Å². The SMILES string of the molecule is CC1CCC(C(O)Cc2ccc(Cl)c(F)c2)C1. The Morgan fingerprint density at radius 2 is 2.24 bits per heavy atom. The van der Waals surface area contributed by atoms with Gasteiger partial charge in [-0.2, -0.15) is 0 Å². The summed E-state index contributed by atoms with van der Waals surface area (Å²) < 4.78 is 13.3. The highest BCUT2D eigenvalue weighted by molar-refractivity contribution is 6.30. The molecule has 3 unspecified atom stereocenters. The highest BCUT2D eigenvalue weighted by Gasteiger charge is 2.27. The summed E-state index contributed by atoms with van der Waals surface area (Å²) in [6.45, 7) is 2.22. The van der Waals surface area contributed by atoms with Crippen molar-refractivity contribution in [3.05, 3.63) is 34.6 Å². The molecule has 0 heterocycles. The van der Waals surface area contributed by atoms with Crippen molar-refractivity contribution < 1.29 is 9.50 Å². The number of halogens is 2. The monoisotopic (exact) mass is 256 g/mol. The van der Waals surface area contributed by atoms with E-state index in [4.69, 9.17) is 11.6 Å². The second-order valence-corrected chi connectivity index (χ2v) is 5.61. The molecule has 0 saturated heterocycles. The molecule has 1 N–H and O–H groups in total. The molecule has 1 saturated carbocycles. The molecular formula is C14H18ClFO. The molecule has 1 aromatic rings. The van der Waals surface area contributed by atoms with Crippen LogP contribution >= 0.6 is 11.6 Å². The molecule has 3 atom stereocenters. The molecule has 0 radical (unpaired) electrons. The molecule has 1 aliphatic carbocycles. The van der Waals surface area contributed by atoms with Crippen molar-refractivity contribution in [3.8, 4) is 0 Å². The van der Waals surface area contributed by atoms with Crippen LogP contribution in [0.3, 0.4) is 0 Å². The second-order valence-electron chi connectivity index (χ2n) is 5.20. The summed E-state index contributed by atoms with van der Waals surface area (Å²) in [5.41, 5.74) is 0.818. The number of aliphatic hydroxyl groups excluding tert-OH is 1. The van der Waals surface area contributed by atoms with E-state index in [1.54, 1.807) is 12.1 Å². The normalized spacial score (nSPS) is 26.1. The summed E-state index contributed by atoms with van der Waals surface area (Å²) >= 11 is 5.63. The molecular weight excluding hydrogens is 239 g/mol. The number of rotatable bonds is 3. The topological polar surface area (TPSA) is 20.2 Å². The van der Waals surface area contributed by atoms with Crippen molar-refractivity contribution in [1.82, 2.24) is 0 Å². The lowest BCUT2D eigenvalue weighted by Crippen LogP contribution is -2.20. The van der Waals surface area contributed by atoms with Crippen LogP contribution < -0.4 is 0 Å². The van der Waals surface area contributed by atoms with Crippen molar-refractivity contribution in [1.29, 1.82) is 0 Å². The summed E-state index contributed by atoms with van der Waals surface area (Å²) in [5, 5.41) is 10.3. The fraction of sp³-hybridized carbons (Fsp3) is 0.571. The van der Waals surface area contributed by atoms with Crippen LogP contribution in [-0.2, 0) is 6.42 Å². The van der Waals surface area contributed by atoms with Gasteiger partial charge in [0.2, 0.25) is 0 Å². The van der Waals surface area contributed by atoms with Gasteiger partial charge >= 0.3 is 0 Å². The van der Waals surface area contributed by atoms with Crippen molar-refractivity contribution in [2.75, 3.05) is 0 Å². The third kappa shape index (κ3) is 3.20. The molecule has 1 aliphatic rings. The Balaban J connectivity index is 1.98. The first-order valence-electron chi connectivity index (χ1n) is 6.18. The van der Waals surface area contributed by atoms with Crippen molar-refractivity contribution >= 4 is 11.6 Å². The van der Waals surface area contributed by atoms with Crippen LogP contribution in [0.2, 0.25) is 5.02 Å². The predicted octanol–water partition coefficient (Wildman–Crippen LogP) is 3.82. The maximum atomic E-state index is 13.3. The van der Waals surface area contributed by atoms with E-state index in [0.717, 1.165) is 18.4 Å². The standard InChI is InChI=1S/C14H18ClFO/c1-9-2-4-11(6-9)14(17)8-10-3-5-12(15)13(16)7-10/h3,5,7,9,11,14,17H,2,4,6,8H2,1H3. The predicted molar refractivity (Wildman–Crippen MR) is 67.6 cm³/mol. The van der Waals surface area contributed by atoms with Crippen LogP contribution in [0.4, 0.5) is 4.39 Å². The summed E-state index contributed by atoms with van der Waals surface area (Å²) in [5.74, 6) is 0.663. The molecule has 0 aliphatic heterocycles. The van der Waals surface area contributed by atoms with Gasteiger partial charge in [0, 0.05) is 0 Å². The van der Waals surface area contributed by atoms with Gasteiger partial charge in [0.05, 0.1) is 11.1 Å². The molecule has 0 spiro atoms.